The molecule has 3 N–H and O–H groups in total. The van der Waals surface area contributed by atoms with Crippen LogP contribution in [0.2, 0.25) is 0 Å². The summed E-state index contributed by atoms with van der Waals surface area (Å²) in [6.45, 7) is 0.516. The van der Waals surface area contributed by atoms with E-state index in [0.717, 1.165) is 17.9 Å². The van der Waals surface area contributed by atoms with E-state index in [1.807, 2.05) is 0 Å². The van der Waals surface area contributed by atoms with Crippen molar-refractivity contribution >= 4 is 27.2 Å². The Bertz CT molecular complexity index is 549. The van der Waals surface area contributed by atoms with E-state index >= 15 is 0 Å². The quantitative estimate of drug-likeness (QED) is 0.750. The van der Waals surface area contributed by atoms with Crippen LogP contribution in [-0.2, 0) is 16.4 Å². The first kappa shape index (κ1) is 14.4. The molecule has 6 heteroatoms. The fourth-order valence-corrected chi connectivity index (χ4v) is 3.09. The number of nitrogens with two attached hydrogens (primary N) is 1. The van der Waals surface area contributed by atoms with Crippen LogP contribution in [0.1, 0.15) is 24.8 Å². The molecule has 0 saturated heterocycles. The predicted molar refractivity (Wildman–Crippen MR) is 79.5 cm³/mol. The Labute approximate surface area is 119 Å². The van der Waals surface area contributed by atoms with Crippen LogP contribution in [0.15, 0.2) is 29.2 Å². The lowest BCUT2D eigenvalue weighted by Crippen LogP contribution is -2.25. The summed E-state index contributed by atoms with van der Waals surface area (Å²) in [5.41, 5.74) is 6.37. The molecule has 19 heavy (non-hydrogen) atoms. The fraction of sp³-hybridized carbons (Fsp3) is 0.462. The number of rotatable bonds is 7. The van der Waals surface area contributed by atoms with Crippen LogP contribution >= 0.6 is 12.2 Å². The number of nitrogens with one attached hydrogen (secondary N) is 1. The predicted octanol–water partition coefficient (Wildman–Crippen LogP) is 1.59. The van der Waals surface area contributed by atoms with E-state index < -0.39 is 10.0 Å². The summed E-state index contributed by atoms with van der Waals surface area (Å²) in [7, 11) is -3.39. The van der Waals surface area contributed by atoms with Crippen LogP contribution in [0.25, 0.3) is 0 Å². The van der Waals surface area contributed by atoms with E-state index in [1.165, 1.54) is 12.8 Å². The van der Waals surface area contributed by atoms with Crippen molar-refractivity contribution in [3.63, 3.8) is 0 Å². The molecule has 0 radical (unpaired) electrons. The van der Waals surface area contributed by atoms with E-state index in [4.69, 9.17) is 18.0 Å². The van der Waals surface area contributed by atoms with Crippen molar-refractivity contribution < 1.29 is 8.42 Å². The monoisotopic (exact) mass is 298 g/mol. The summed E-state index contributed by atoms with van der Waals surface area (Å²) < 4.78 is 26.6. The fourth-order valence-electron chi connectivity index (χ4n) is 1.87. The van der Waals surface area contributed by atoms with Gasteiger partial charge in [-0.3, -0.25) is 0 Å². The first-order valence-electron chi connectivity index (χ1n) is 6.34. The molecule has 4 nitrogen and oxygen atoms in total. The molecule has 1 aliphatic rings. The number of sulfonamides is 1. The zero-order chi connectivity index (χ0) is 13.9. The number of hydrogen-bond acceptors (Lipinski definition) is 3. The second-order valence-electron chi connectivity index (χ2n) is 4.92. The largest absolute Gasteiger partial charge is 0.393 e. The van der Waals surface area contributed by atoms with Gasteiger partial charge in [0, 0.05) is 13.0 Å². The second-order valence-corrected chi connectivity index (χ2v) is 7.21. The second kappa shape index (κ2) is 5.98. The van der Waals surface area contributed by atoms with Gasteiger partial charge in [0.2, 0.25) is 10.0 Å². The first-order chi connectivity index (χ1) is 8.97. The Morgan fingerprint density at radius 2 is 1.95 bits per heavy atom. The number of benzene rings is 1. The zero-order valence-electron chi connectivity index (χ0n) is 10.6. The molecule has 0 aromatic heterocycles. The van der Waals surface area contributed by atoms with Crippen molar-refractivity contribution in [2.45, 2.75) is 30.6 Å². The normalized spacial score (nSPS) is 15.4. The molecule has 0 atom stereocenters. The van der Waals surface area contributed by atoms with Crippen LogP contribution in [0, 0.1) is 5.92 Å². The highest BCUT2D eigenvalue weighted by molar-refractivity contribution is 7.89. The lowest BCUT2D eigenvalue weighted by molar-refractivity contribution is 0.575. The summed E-state index contributed by atoms with van der Waals surface area (Å²) in [5, 5.41) is 0. The third kappa shape index (κ3) is 4.56. The van der Waals surface area contributed by atoms with Gasteiger partial charge in [0.15, 0.2) is 0 Å². The highest BCUT2D eigenvalue weighted by atomic mass is 32.2. The van der Waals surface area contributed by atoms with Gasteiger partial charge in [0.25, 0.3) is 0 Å². The highest BCUT2D eigenvalue weighted by Gasteiger charge is 2.22. The molecule has 104 valence electrons. The van der Waals surface area contributed by atoms with Gasteiger partial charge in [-0.15, -0.1) is 0 Å². The van der Waals surface area contributed by atoms with Gasteiger partial charge in [-0.25, -0.2) is 13.1 Å². The summed E-state index contributed by atoms with van der Waals surface area (Å²) >= 11 is 4.82. The van der Waals surface area contributed by atoms with Crippen molar-refractivity contribution in [3.05, 3.63) is 29.8 Å². The minimum Gasteiger partial charge on any atom is -0.393 e. The molecule has 1 saturated carbocycles. The number of thiocarbonyl (C=S) groups is 1. The Morgan fingerprint density at radius 1 is 1.32 bits per heavy atom. The van der Waals surface area contributed by atoms with Gasteiger partial charge in [-0.2, -0.15) is 0 Å². The van der Waals surface area contributed by atoms with Crippen LogP contribution in [-0.4, -0.2) is 20.0 Å². The number of hydrogen-bond donors (Lipinski definition) is 2. The van der Waals surface area contributed by atoms with Crippen molar-refractivity contribution in [2.75, 3.05) is 6.54 Å². The molecule has 0 heterocycles. The lowest BCUT2D eigenvalue weighted by Gasteiger charge is -2.07. The first-order valence-corrected chi connectivity index (χ1v) is 8.23. The average Bonchev–Trinajstić information content (AvgIpc) is 3.13. The van der Waals surface area contributed by atoms with Gasteiger partial charge in [-0.1, -0.05) is 37.2 Å². The third-order valence-corrected chi connectivity index (χ3v) is 4.77. The molecule has 1 fully saturated rings. The average molecular weight is 298 g/mol. The topological polar surface area (TPSA) is 72.2 Å². The molecule has 0 unspecified atom stereocenters. The molecule has 1 aliphatic carbocycles. The Morgan fingerprint density at radius 3 is 2.47 bits per heavy atom. The van der Waals surface area contributed by atoms with Crippen LogP contribution in [0.5, 0.6) is 0 Å². The molecule has 0 amide bonds. The van der Waals surface area contributed by atoms with E-state index in [1.54, 1.807) is 24.3 Å². The maximum Gasteiger partial charge on any atom is 0.240 e. The van der Waals surface area contributed by atoms with Crippen LogP contribution in [0.3, 0.4) is 0 Å². The van der Waals surface area contributed by atoms with Crippen molar-refractivity contribution in [2.24, 2.45) is 11.7 Å². The zero-order valence-corrected chi connectivity index (χ0v) is 12.3. The molecule has 0 bridgehead atoms. The maximum atomic E-state index is 12.0. The highest BCUT2D eigenvalue weighted by Crippen LogP contribution is 2.31. The molecule has 0 spiro atoms. The van der Waals surface area contributed by atoms with E-state index in [2.05, 4.69) is 4.72 Å². The Hall–Kier alpha value is -0.980. The van der Waals surface area contributed by atoms with Gasteiger partial charge < -0.3 is 5.73 Å². The van der Waals surface area contributed by atoms with Crippen LogP contribution in [0.4, 0.5) is 0 Å². The van der Waals surface area contributed by atoms with Gasteiger partial charge in [-0.05, 0) is 30.0 Å². The van der Waals surface area contributed by atoms with E-state index in [0.29, 0.717) is 18.0 Å². The summed E-state index contributed by atoms with van der Waals surface area (Å²) in [6, 6.07) is 6.67. The SMILES string of the molecule is NC(=S)Cc1ccc(S(=O)(=O)NCCC2CC2)cc1. The smallest absolute Gasteiger partial charge is 0.240 e. The third-order valence-electron chi connectivity index (χ3n) is 3.15. The molecular weight excluding hydrogens is 280 g/mol. The molecule has 1 aromatic carbocycles. The van der Waals surface area contributed by atoms with Gasteiger partial charge in [0.1, 0.15) is 0 Å². The molecule has 1 aromatic rings. The maximum absolute atomic E-state index is 12.0. The lowest BCUT2D eigenvalue weighted by atomic mass is 10.1. The van der Waals surface area contributed by atoms with Crippen molar-refractivity contribution in [1.82, 2.24) is 4.72 Å². The van der Waals surface area contributed by atoms with E-state index in [9.17, 15) is 8.42 Å². The molecule has 0 aliphatic heterocycles. The van der Waals surface area contributed by atoms with Crippen molar-refractivity contribution in [3.8, 4) is 0 Å². The molecule has 2 rings (SSSR count). The standard InChI is InChI=1S/C13H18N2O2S2/c14-13(18)9-11-3-5-12(6-4-11)19(16,17)15-8-7-10-1-2-10/h3-6,10,15H,1-2,7-9H2,(H2,14,18). The molecular formula is C13H18N2O2S2. The minimum absolute atomic E-state index is 0.287. The van der Waals surface area contributed by atoms with Gasteiger partial charge >= 0.3 is 0 Å². The Kier molecular flexibility index (Phi) is 4.54. The van der Waals surface area contributed by atoms with Crippen molar-refractivity contribution in [1.29, 1.82) is 0 Å². The van der Waals surface area contributed by atoms with Gasteiger partial charge in [0.05, 0.1) is 9.88 Å². The Balaban J connectivity index is 1.96. The summed E-state index contributed by atoms with van der Waals surface area (Å²) in [6.07, 6.45) is 3.88. The van der Waals surface area contributed by atoms with E-state index in [-0.39, 0.29) is 4.90 Å². The summed E-state index contributed by atoms with van der Waals surface area (Å²) in [5.74, 6) is 0.718. The minimum atomic E-state index is -3.39. The summed E-state index contributed by atoms with van der Waals surface area (Å²) in [4.78, 5) is 0.688. The van der Waals surface area contributed by atoms with Crippen LogP contribution < -0.4 is 10.5 Å².